The number of amides is 1. The molecule has 1 unspecified atom stereocenters. The Morgan fingerprint density at radius 3 is 2.55 bits per heavy atom. The number of halogens is 1. The summed E-state index contributed by atoms with van der Waals surface area (Å²) in [5.74, 6) is -1.36. The van der Waals surface area contributed by atoms with Crippen molar-refractivity contribution in [2.45, 2.75) is 17.9 Å². The van der Waals surface area contributed by atoms with E-state index in [-0.39, 0.29) is 34.6 Å². The lowest BCUT2D eigenvalue weighted by Gasteiger charge is -2.15. The number of hydrogen-bond donors (Lipinski definition) is 2. The fraction of sp³-hybridized carbons (Fsp3) is 0.200. The van der Waals surface area contributed by atoms with E-state index in [1.165, 1.54) is 29.7 Å². The second kappa shape index (κ2) is 10.4. The topological polar surface area (TPSA) is 128 Å². The molecule has 0 bridgehead atoms. The lowest BCUT2D eigenvalue weighted by Crippen LogP contribution is -2.16. The van der Waals surface area contributed by atoms with Crippen LogP contribution in [0.15, 0.2) is 58.3 Å². The van der Waals surface area contributed by atoms with E-state index in [2.05, 4.69) is 11.6 Å². The number of aliphatic imine (C=N–C) groups is 1. The Kier molecular flexibility index (Phi) is 8.20. The van der Waals surface area contributed by atoms with Crippen LogP contribution in [0, 0.1) is 5.82 Å². The molecule has 166 valence electrons. The van der Waals surface area contributed by atoms with Crippen molar-refractivity contribution >= 4 is 32.7 Å². The van der Waals surface area contributed by atoms with Crippen molar-refractivity contribution < 1.29 is 32.2 Å². The maximum Gasteiger partial charge on any atom is 0.279 e. The number of amidine groups is 1. The molecule has 0 aliphatic heterocycles. The summed E-state index contributed by atoms with van der Waals surface area (Å²) in [5, 5.41) is 10.6. The van der Waals surface area contributed by atoms with Crippen molar-refractivity contribution in [2.75, 3.05) is 12.9 Å². The van der Waals surface area contributed by atoms with Crippen molar-refractivity contribution in [3.05, 3.63) is 59.8 Å². The van der Waals surface area contributed by atoms with E-state index in [0.29, 0.717) is 0 Å². The van der Waals surface area contributed by atoms with E-state index in [9.17, 15) is 22.7 Å². The van der Waals surface area contributed by atoms with Gasteiger partial charge in [0.25, 0.3) is 5.91 Å². The van der Waals surface area contributed by atoms with Gasteiger partial charge in [0.05, 0.1) is 6.61 Å². The first-order valence-electron chi connectivity index (χ1n) is 8.79. The third-order valence-corrected chi connectivity index (χ3v) is 5.31. The van der Waals surface area contributed by atoms with Crippen LogP contribution < -0.4 is 15.2 Å². The van der Waals surface area contributed by atoms with Gasteiger partial charge in [0.1, 0.15) is 34.1 Å². The summed E-state index contributed by atoms with van der Waals surface area (Å²) in [7, 11) is -3.74. The summed E-state index contributed by atoms with van der Waals surface area (Å²) in [6.45, 7) is 4.83. The molecule has 3 N–H and O–H groups in total. The summed E-state index contributed by atoms with van der Waals surface area (Å²) in [4.78, 5) is 15.7. The Bertz CT molecular complexity index is 1120. The fourth-order valence-electron chi connectivity index (χ4n) is 2.35. The number of sulfone groups is 1. The van der Waals surface area contributed by atoms with Crippen LogP contribution in [0.2, 0.25) is 0 Å². The SMILES string of the molecule is C=CSC(N)=NC(=O)c1cc(Oc2ccc(S(C)(=O)=O)c(F)c2)cc(OC(C)CO)c1. The highest BCUT2D eigenvalue weighted by atomic mass is 32.2. The van der Waals surface area contributed by atoms with Gasteiger partial charge in [0, 0.05) is 24.0 Å². The molecule has 0 aliphatic carbocycles. The first-order chi connectivity index (χ1) is 14.5. The van der Waals surface area contributed by atoms with Gasteiger partial charge in [0.2, 0.25) is 0 Å². The maximum absolute atomic E-state index is 14.2. The number of aliphatic hydroxyl groups excluding tert-OH is 1. The van der Waals surface area contributed by atoms with Gasteiger partial charge >= 0.3 is 0 Å². The second-order valence-corrected chi connectivity index (χ2v) is 9.28. The van der Waals surface area contributed by atoms with Gasteiger partial charge in [-0.25, -0.2) is 12.8 Å². The molecule has 2 aromatic carbocycles. The molecule has 0 aromatic heterocycles. The van der Waals surface area contributed by atoms with Crippen LogP contribution in [-0.2, 0) is 9.84 Å². The average Bonchev–Trinajstić information content (AvgIpc) is 2.66. The van der Waals surface area contributed by atoms with Gasteiger partial charge < -0.3 is 20.3 Å². The Morgan fingerprint density at radius 1 is 1.29 bits per heavy atom. The van der Waals surface area contributed by atoms with Crippen LogP contribution in [0.4, 0.5) is 4.39 Å². The largest absolute Gasteiger partial charge is 0.488 e. The van der Waals surface area contributed by atoms with Crippen molar-refractivity contribution in [3.63, 3.8) is 0 Å². The number of nitrogens with zero attached hydrogens (tertiary/aromatic N) is 1. The highest BCUT2D eigenvalue weighted by Crippen LogP contribution is 2.30. The maximum atomic E-state index is 14.2. The molecule has 1 atom stereocenters. The van der Waals surface area contributed by atoms with E-state index >= 15 is 0 Å². The monoisotopic (exact) mass is 468 g/mol. The Morgan fingerprint density at radius 2 is 1.97 bits per heavy atom. The zero-order valence-corrected chi connectivity index (χ0v) is 18.4. The number of hydrogen-bond acceptors (Lipinski definition) is 7. The van der Waals surface area contributed by atoms with E-state index in [1.807, 2.05) is 0 Å². The molecule has 2 rings (SSSR count). The molecule has 8 nitrogen and oxygen atoms in total. The molecular weight excluding hydrogens is 447 g/mol. The number of benzene rings is 2. The molecule has 0 heterocycles. The van der Waals surface area contributed by atoms with Crippen molar-refractivity contribution in [1.29, 1.82) is 0 Å². The minimum Gasteiger partial charge on any atom is -0.488 e. The third-order valence-electron chi connectivity index (χ3n) is 3.68. The molecule has 0 spiro atoms. The first-order valence-corrected chi connectivity index (χ1v) is 11.6. The van der Waals surface area contributed by atoms with Crippen LogP contribution in [0.25, 0.3) is 0 Å². The van der Waals surface area contributed by atoms with Gasteiger partial charge in [-0.05, 0) is 36.6 Å². The third kappa shape index (κ3) is 7.09. The zero-order chi connectivity index (χ0) is 23.2. The molecule has 31 heavy (non-hydrogen) atoms. The van der Waals surface area contributed by atoms with Crippen LogP contribution >= 0.6 is 11.8 Å². The summed E-state index contributed by atoms with van der Waals surface area (Å²) in [6.07, 6.45) is 0.318. The van der Waals surface area contributed by atoms with Gasteiger partial charge in [-0.3, -0.25) is 4.79 Å². The molecule has 1 amide bonds. The molecule has 2 aromatic rings. The summed E-state index contributed by atoms with van der Waals surface area (Å²) < 4.78 is 48.4. The number of carbonyl (C=O) groups excluding carboxylic acids is 1. The standard InChI is InChI=1S/C20H21FN2O6S2/c1-4-30-20(22)23-19(25)13-7-15(28-12(2)11-24)9-16(8-13)29-14-5-6-18(17(21)10-14)31(3,26)27/h4-10,12,24H,1,11H2,2-3H3,(H2,22,23,25). The highest BCUT2D eigenvalue weighted by molar-refractivity contribution is 8.16. The lowest BCUT2D eigenvalue weighted by molar-refractivity contribution is 0.100. The molecule has 0 fully saturated rings. The molecular formula is C20H21FN2O6S2. The van der Waals surface area contributed by atoms with Gasteiger partial charge in [-0.1, -0.05) is 18.3 Å². The van der Waals surface area contributed by atoms with Crippen molar-refractivity contribution in [3.8, 4) is 17.2 Å². The van der Waals surface area contributed by atoms with E-state index in [0.717, 1.165) is 30.2 Å². The summed E-state index contributed by atoms with van der Waals surface area (Å²) >= 11 is 0.969. The smallest absolute Gasteiger partial charge is 0.279 e. The first kappa shape index (κ1) is 24.4. The molecule has 0 radical (unpaired) electrons. The lowest BCUT2D eigenvalue weighted by atomic mass is 10.2. The van der Waals surface area contributed by atoms with Gasteiger partial charge in [-0.2, -0.15) is 4.99 Å². The minimum absolute atomic E-state index is 0.000818. The Balaban J connectivity index is 2.42. The highest BCUT2D eigenvalue weighted by Gasteiger charge is 2.16. The molecule has 0 aliphatic rings. The summed E-state index contributed by atoms with van der Waals surface area (Å²) in [6, 6.07) is 7.44. The number of nitrogens with two attached hydrogens (primary N) is 1. The van der Waals surface area contributed by atoms with Gasteiger partial charge in [0.15, 0.2) is 15.0 Å². The molecule has 0 saturated carbocycles. The number of carbonyl (C=O) groups is 1. The Hall–Kier alpha value is -2.89. The number of ether oxygens (including phenoxy) is 2. The zero-order valence-electron chi connectivity index (χ0n) is 16.7. The van der Waals surface area contributed by atoms with Crippen LogP contribution in [0.3, 0.4) is 0 Å². The van der Waals surface area contributed by atoms with E-state index in [4.69, 9.17) is 15.2 Å². The van der Waals surface area contributed by atoms with Crippen LogP contribution in [-0.4, -0.2) is 43.6 Å². The van der Waals surface area contributed by atoms with E-state index < -0.39 is 32.6 Å². The van der Waals surface area contributed by atoms with Crippen LogP contribution in [0.5, 0.6) is 17.2 Å². The Labute approximate surface area is 183 Å². The predicted octanol–water partition coefficient (Wildman–Crippen LogP) is 3.11. The second-order valence-electron chi connectivity index (χ2n) is 6.31. The normalized spacial score (nSPS) is 12.8. The van der Waals surface area contributed by atoms with Crippen molar-refractivity contribution in [1.82, 2.24) is 0 Å². The van der Waals surface area contributed by atoms with Gasteiger partial charge in [-0.15, -0.1) is 0 Å². The predicted molar refractivity (Wildman–Crippen MR) is 117 cm³/mol. The fourth-order valence-corrected chi connectivity index (χ4v) is 3.38. The number of thioether (sulfide) groups is 1. The number of rotatable bonds is 8. The molecule has 0 saturated heterocycles. The quantitative estimate of drug-likeness (QED) is 0.447. The minimum atomic E-state index is -3.74. The number of aliphatic hydroxyl groups is 1. The van der Waals surface area contributed by atoms with Crippen molar-refractivity contribution in [2.24, 2.45) is 10.7 Å². The molecule has 11 heteroatoms. The average molecular weight is 469 g/mol. The summed E-state index contributed by atoms with van der Waals surface area (Å²) in [5.41, 5.74) is 5.69. The van der Waals surface area contributed by atoms with E-state index in [1.54, 1.807) is 6.92 Å². The van der Waals surface area contributed by atoms with Crippen LogP contribution in [0.1, 0.15) is 17.3 Å².